The van der Waals surface area contributed by atoms with Gasteiger partial charge in [0.1, 0.15) is 0 Å². The fraction of sp³-hybridized carbons (Fsp3) is 0.355. The fourth-order valence-electron chi connectivity index (χ4n) is 4.02. The highest BCUT2D eigenvalue weighted by Crippen LogP contribution is 2.21. The van der Waals surface area contributed by atoms with E-state index in [1.54, 1.807) is 13.0 Å². The quantitative estimate of drug-likeness (QED) is 0.234. The van der Waals surface area contributed by atoms with Crippen LogP contribution in [0.1, 0.15) is 53.9 Å². The smallest absolute Gasteiger partial charge is 0.357 e. The molecule has 2 amide bonds. The topological polar surface area (TPSA) is 106 Å². The number of esters is 1. The second-order valence-electron chi connectivity index (χ2n) is 9.35. The Bertz CT molecular complexity index is 1340. The molecule has 0 aliphatic carbocycles. The van der Waals surface area contributed by atoms with E-state index < -0.39 is 12.0 Å². The van der Waals surface area contributed by atoms with E-state index in [-0.39, 0.29) is 11.6 Å². The average molecular weight is 542 g/mol. The molecular weight excluding hydrogens is 506 g/mol. The molecule has 1 aliphatic heterocycles. The fourth-order valence-corrected chi connectivity index (χ4v) is 4.02. The molecule has 0 bridgehead atoms. The summed E-state index contributed by atoms with van der Waals surface area (Å²) >= 11 is 0. The Morgan fingerprint density at radius 3 is 2.30 bits per heavy atom. The standard InChI is InChI=1S/C31H35N5O4/c1-3-5-18-40-29(37)28-21-27(33-30(34-28)35-31(38)32-4-2)26-14-12-24(13-15-26)7-6-23-8-10-25(11-9-23)22-36-16-19-39-20-17-36/h8-15,21H,3-5,16-20,22H2,1-2H3,(H2,32,33,34,35,38). The summed E-state index contributed by atoms with van der Waals surface area (Å²) in [5.41, 5.74) is 4.36. The molecule has 208 valence electrons. The van der Waals surface area contributed by atoms with E-state index in [2.05, 4.69) is 49.5 Å². The molecule has 4 rings (SSSR count). The Morgan fingerprint density at radius 2 is 1.65 bits per heavy atom. The van der Waals surface area contributed by atoms with Gasteiger partial charge < -0.3 is 14.8 Å². The van der Waals surface area contributed by atoms with Crippen LogP contribution >= 0.6 is 0 Å². The first-order valence-electron chi connectivity index (χ1n) is 13.7. The van der Waals surface area contributed by atoms with Crippen molar-refractivity contribution in [2.75, 3.05) is 44.8 Å². The van der Waals surface area contributed by atoms with Crippen LogP contribution in [0.2, 0.25) is 0 Å². The van der Waals surface area contributed by atoms with Gasteiger partial charge in [0.25, 0.3) is 0 Å². The number of morpholine rings is 1. The minimum absolute atomic E-state index is 0.0202. The molecule has 1 aliphatic rings. The van der Waals surface area contributed by atoms with E-state index in [4.69, 9.17) is 9.47 Å². The van der Waals surface area contributed by atoms with Crippen LogP contribution in [0.4, 0.5) is 10.7 Å². The molecule has 2 aromatic carbocycles. The van der Waals surface area contributed by atoms with Gasteiger partial charge in [-0.25, -0.2) is 19.6 Å². The van der Waals surface area contributed by atoms with E-state index in [1.807, 2.05) is 43.3 Å². The van der Waals surface area contributed by atoms with E-state index in [0.29, 0.717) is 18.8 Å². The van der Waals surface area contributed by atoms with Crippen LogP contribution in [0.25, 0.3) is 11.3 Å². The third kappa shape index (κ3) is 8.63. The van der Waals surface area contributed by atoms with Crippen LogP contribution in [-0.2, 0) is 16.0 Å². The Hall–Kier alpha value is -4.26. The van der Waals surface area contributed by atoms with E-state index >= 15 is 0 Å². The van der Waals surface area contributed by atoms with Crippen LogP contribution in [-0.4, -0.2) is 66.3 Å². The summed E-state index contributed by atoms with van der Waals surface area (Å²) in [5, 5.41) is 5.21. The van der Waals surface area contributed by atoms with Gasteiger partial charge in [-0.15, -0.1) is 0 Å². The minimum atomic E-state index is -0.561. The summed E-state index contributed by atoms with van der Waals surface area (Å²) in [5.74, 6) is 5.88. The van der Waals surface area contributed by atoms with Crippen LogP contribution in [0.15, 0.2) is 54.6 Å². The van der Waals surface area contributed by atoms with Gasteiger partial charge in [-0.1, -0.05) is 49.5 Å². The summed E-state index contributed by atoms with van der Waals surface area (Å²) < 4.78 is 10.7. The van der Waals surface area contributed by atoms with Crippen molar-refractivity contribution >= 4 is 17.9 Å². The number of urea groups is 1. The number of hydrogen-bond acceptors (Lipinski definition) is 7. The number of nitrogens with one attached hydrogen (secondary N) is 2. The summed E-state index contributed by atoms with van der Waals surface area (Å²) in [4.78, 5) is 35.7. The van der Waals surface area contributed by atoms with Crippen molar-refractivity contribution in [3.05, 3.63) is 77.0 Å². The Morgan fingerprint density at radius 1 is 0.975 bits per heavy atom. The maximum atomic E-state index is 12.6. The largest absolute Gasteiger partial charge is 0.461 e. The lowest BCUT2D eigenvalue weighted by Crippen LogP contribution is -2.35. The molecule has 9 nitrogen and oxygen atoms in total. The lowest BCUT2D eigenvalue weighted by atomic mass is 10.1. The highest BCUT2D eigenvalue weighted by Gasteiger charge is 2.16. The maximum Gasteiger partial charge on any atom is 0.357 e. The second-order valence-corrected chi connectivity index (χ2v) is 9.35. The van der Waals surface area contributed by atoms with Crippen molar-refractivity contribution < 1.29 is 19.1 Å². The third-order valence-electron chi connectivity index (χ3n) is 6.22. The summed E-state index contributed by atoms with van der Waals surface area (Å²) in [7, 11) is 0. The van der Waals surface area contributed by atoms with Gasteiger partial charge in [0.15, 0.2) is 5.69 Å². The monoisotopic (exact) mass is 541 g/mol. The first-order valence-corrected chi connectivity index (χ1v) is 13.7. The number of hydrogen-bond donors (Lipinski definition) is 2. The first-order chi connectivity index (χ1) is 19.5. The molecule has 1 aromatic heterocycles. The molecular formula is C31H35N5O4. The van der Waals surface area contributed by atoms with Crippen molar-refractivity contribution in [3.8, 4) is 23.1 Å². The first kappa shape index (κ1) is 28.7. The number of benzene rings is 2. The van der Waals surface area contributed by atoms with E-state index in [1.165, 1.54) is 5.56 Å². The number of carbonyl (C=O) groups is 2. The van der Waals surface area contributed by atoms with Gasteiger partial charge in [0.05, 0.1) is 25.5 Å². The van der Waals surface area contributed by atoms with Crippen molar-refractivity contribution in [2.45, 2.75) is 33.2 Å². The maximum absolute atomic E-state index is 12.6. The Labute approximate surface area is 235 Å². The van der Waals surface area contributed by atoms with Crippen molar-refractivity contribution in [2.24, 2.45) is 0 Å². The molecule has 40 heavy (non-hydrogen) atoms. The highest BCUT2D eigenvalue weighted by molar-refractivity contribution is 5.91. The third-order valence-corrected chi connectivity index (χ3v) is 6.22. The van der Waals surface area contributed by atoms with Crippen LogP contribution in [0.3, 0.4) is 0 Å². The molecule has 0 unspecified atom stereocenters. The molecule has 2 heterocycles. The number of anilines is 1. The number of nitrogens with zero attached hydrogens (tertiary/aromatic N) is 3. The molecule has 9 heteroatoms. The van der Waals surface area contributed by atoms with Gasteiger partial charge in [-0.2, -0.15) is 0 Å². The van der Waals surface area contributed by atoms with Crippen LogP contribution < -0.4 is 10.6 Å². The van der Waals surface area contributed by atoms with Crippen molar-refractivity contribution in [1.29, 1.82) is 0 Å². The zero-order valence-corrected chi connectivity index (χ0v) is 23.0. The number of ether oxygens (including phenoxy) is 2. The van der Waals surface area contributed by atoms with Gasteiger partial charge in [-0.3, -0.25) is 10.2 Å². The van der Waals surface area contributed by atoms with Crippen molar-refractivity contribution in [3.63, 3.8) is 0 Å². The molecule has 2 N–H and O–H groups in total. The van der Waals surface area contributed by atoms with Gasteiger partial charge in [-0.05, 0) is 49.2 Å². The normalized spacial score (nSPS) is 13.2. The zero-order valence-electron chi connectivity index (χ0n) is 23.0. The van der Waals surface area contributed by atoms with Gasteiger partial charge in [0.2, 0.25) is 5.95 Å². The molecule has 0 saturated carbocycles. The summed E-state index contributed by atoms with van der Waals surface area (Å²) in [6, 6.07) is 17.0. The van der Waals surface area contributed by atoms with E-state index in [9.17, 15) is 9.59 Å². The number of aromatic nitrogens is 2. The zero-order chi connectivity index (χ0) is 28.2. The number of rotatable bonds is 9. The number of amides is 2. The van der Waals surface area contributed by atoms with Crippen LogP contribution in [0.5, 0.6) is 0 Å². The van der Waals surface area contributed by atoms with Gasteiger partial charge >= 0.3 is 12.0 Å². The molecule has 3 aromatic rings. The number of unbranched alkanes of at least 4 members (excludes halogenated alkanes) is 1. The minimum Gasteiger partial charge on any atom is -0.461 e. The predicted molar refractivity (Wildman–Crippen MR) is 154 cm³/mol. The summed E-state index contributed by atoms with van der Waals surface area (Å²) in [6.07, 6.45) is 1.66. The average Bonchev–Trinajstić information content (AvgIpc) is 2.97. The molecule has 0 atom stereocenters. The summed E-state index contributed by atoms with van der Waals surface area (Å²) in [6.45, 7) is 8.99. The highest BCUT2D eigenvalue weighted by atomic mass is 16.5. The lowest BCUT2D eigenvalue weighted by molar-refractivity contribution is 0.0342. The molecule has 1 fully saturated rings. The Balaban J connectivity index is 1.47. The Kier molecular flexibility index (Phi) is 10.6. The van der Waals surface area contributed by atoms with E-state index in [0.717, 1.165) is 62.4 Å². The van der Waals surface area contributed by atoms with Crippen molar-refractivity contribution in [1.82, 2.24) is 20.2 Å². The molecule has 0 spiro atoms. The van der Waals surface area contributed by atoms with Crippen LogP contribution in [0, 0.1) is 11.8 Å². The molecule has 1 saturated heterocycles. The second kappa shape index (κ2) is 14.8. The van der Waals surface area contributed by atoms with Gasteiger partial charge in [0, 0.05) is 42.9 Å². The SMILES string of the molecule is CCCCOC(=O)c1cc(-c2ccc(C#Cc3ccc(CN4CCOCC4)cc3)cc2)nc(NC(=O)NCC)n1. The number of carbonyl (C=O) groups excluding carboxylic acids is 2. The lowest BCUT2D eigenvalue weighted by Gasteiger charge is -2.26. The molecule has 0 radical (unpaired) electrons. The predicted octanol–water partition coefficient (Wildman–Crippen LogP) is 4.47.